The Bertz CT molecular complexity index is 1860. The maximum atomic E-state index is 13.8. The molecule has 10 nitrogen and oxygen atoms in total. The van der Waals surface area contributed by atoms with Crippen LogP contribution in [-0.4, -0.2) is 69.5 Å². The van der Waals surface area contributed by atoms with E-state index in [1.165, 1.54) is 59.3 Å². The molecule has 4 aromatic carbocycles. The highest BCUT2D eigenvalue weighted by atomic mass is 35.5. The van der Waals surface area contributed by atoms with Crippen LogP contribution in [0.4, 0.5) is 11.4 Å². The topological polar surface area (TPSA) is 142 Å². The van der Waals surface area contributed by atoms with E-state index in [4.69, 9.17) is 17.3 Å². The molecule has 232 valence electrons. The highest BCUT2D eigenvalue weighted by Crippen LogP contribution is 2.31. The fourth-order valence-electron chi connectivity index (χ4n) is 4.99. The lowest BCUT2D eigenvalue weighted by Gasteiger charge is -2.34. The normalized spacial score (nSPS) is 16.3. The standard InChI is InChI=1S/C31H34ClN5O5S2/c1-31(33,22-32)30(38)34-24-13-15-25(16-14-24)35-43(39,40)28-11-5-10-27-26(28)9-6-12-29(27)44(41,42)37-19-17-36(18-20-37)21-23-7-3-2-4-8-23/h2-16,35H,17-22,33H2,1H3,(H,34,38). The maximum Gasteiger partial charge on any atom is 0.262 e. The van der Waals surface area contributed by atoms with E-state index in [0.717, 1.165) is 6.54 Å². The third-order valence-electron chi connectivity index (χ3n) is 7.52. The zero-order valence-electron chi connectivity index (χ0n) is 24.1. The van der Waals surface area contributed by atoms with Crippen molar-refractivity contribution < 1.29 is 21.6 Å². The molecule has 1 aliphatic rings. The first-order valence-electron chi connectivity index (χ1n) is 14.0. The largest absolute Gasteiger partial charge is 0.324 e. The molecule has 1 heterocycles. The minimum atomic E-state index is -4.12. The van der Waals surface area contributed by atoms with Crippen molar-refractivity contribution in [2.75, 3.05) is 42.1 Å². The van der Waals surface area contributed by atoms with Crippen LogP contribution in [0.25, 0.3) is 10.8 Å². The quantitative estimate of drug-likeness (QED) is 0.219. The highest BCUT2D eigenvalue weighted by molar-refractivity contribution is 7.93. The summed E-state index contributed by atoms with van der Waals surface area (Å²) in [6.45, 7) is 4.09. The Kier molecular flexibility index (Phi) is 9.30. The van der Waals surface area contributed by atoms with Gasteiger partial charge in [-0.25, -0.2) is 16.8 Å². The molecule has 1 unspecified atom stereocenters. The lowest BCUT2D eigenvalue weighted by Crippen LogP contribution is -2.50. The fourth-order valence-corrected chi connectivity index (χ4v) is 8.02. The minimum absolute atomic E-state index is 0.0573. The molecule has 0 saturated carbocycles. The van der Waals surface area contributed by atoms with Gasteiger partial charge < -0.3 is 11.1 Å². The van der Waals surface area contributed by atoms with Gasteiger partial charge in [-0.3, -0.25) is 14.4 Å². The molecule has 0 spiro atoms. The Morgan fingerprint density at radius 2 is 1.36 bits per heavy atom. The van der Waals surface area contributed by atoms with Crippen LogP contribution in [-0.2, 0) is 31.4 Å². The Labute approximate surface area is 262 Å². The number of carbonyl (C=O) groups is 1. The number of hydrogen-bond acceptors (Lipinski definition) is 7. The summed E-state index contributed by atoms with van der Waals surface area (Å²) in [4.78, 5) is 14.5. The van der Waals surface area contributed by atoms with E-state index >= 15 is 0 Å². The number of benzene rings is 4. The molecule has 5 rings (SSSR count). The zero-order chi connectivity index (χ0) is 31.5. The number of alkyl halides is 1. The lowest BCUT2D eigenvalue weighted by molar-refractivity contribution is -0.119. The average molecular weight is 656 g/mol. The third-order valence-corrected chi connectivity index (χ3v) is 11.5. The van der Waals surface area contributed by atoms with Crippen LogP contribution in [0, 0.1) is 0 Å². The van der Waals surface area contributed by atoms with Crippen molar-refractivity contribution in [3.8, 4) is 0 Å². The number of hydrogen-bond donors (Lipinski definition) is 3. The highest BCUT2D eigenvalue weighted by Gasteiger charge is 2.31. The number of rotatable bonds is 10. The summed E-state index contributed by atoms with van der Waals surface area (Å²) in [5.41, 5.74) is 6.44. The van der Waals surface area contributed by atoms with Crippen molar-refractivity contribution in [3.05, 3.63) is 96.6 Å². The minimum Gasteiger partial charge on any atom is -0.324 e. The van der Waals surface area contributed by atoms with Gasteiger partial charge in [-0.2, -0.15) is 4.31 Å². The molecule has 1 saturated heterocycles. The van der Waals surface area contributed by atoms with E-state index in [-0.39, 0.29) is 26.7 Å². The molecule has 0 aliphatic carbocycles. The first-order valence-corrected chi connectivity index (χ1v) is 17.4. The van der Waals surface area contributed by atoms with Crippen LogP contribution in [0.1, 0.15) is 12.5 Å². The second-order valence-electron chi connectivity index (χ2n) is 11.0. The van der Waals surface area contributed by atoms with Gasteiger partial charge in [0.25, 0.3) is 10.0 Å². The predicted octanol–water partition coefficient (Wildman–Crippen LogP) is 4.04. The van der Waals surface area contributed by atoms with Crippen LogP contribution in [0.5, 0.6) is 0 Å². The van der Waals surface area contributed by atoms with E-state index in [2.05, 4.69) is 27.1 Å². The van der Waals surface area contributed by atoms with E-state index in [0.29, 0.717) is 37.3 Å². The molecular weight excluding hydrogens is 622 g/mol. The van der Waals surface area contributed by atoms with Gasteiger partial charge in [0.2, 0.25) is 15.9 Å². The number of sulfonamides is 2. The van der Waals surface area contributed by atoms with Crippen molar-refractivity contribution in [1.29, 1.82) is 0 Å². The number of piperazine rings is 1. The maximum absolute atomic E-state index is 13.8. The Balaban J connectivity index is 1.34. The number of nitrogens with two attached hydrogens (primary N) is 1. The van der Waals surface area contributed by atoms with Crippen molar-refractivity contribution in [2.45, 2.75) is 28.8 Å². The van der Waals surface area contributed by atoms with Gasteiger partial charge >= 0.3 is 0 Å². The number of nitrogens with one attached hydrogen (secondary N) is 2. The van der Waals surface area contributed by atoms with E-state index in [1.807, 2.05) is 18.2 Å². The molecule has 1 amide bonds. The molecule has 4 N–H and O–H groups in total. The Hall–Kier alpha value is -3.52. The summed E-state index contributed by atoms with van der Waals surface area (Å²) in [6, 6.07) is 25.4. The smallest absolute Gasteiger partial charge is 0.262 e. The van der Waals surface area contributed by atoms with Crippen molar-refractivity contribution in [1.82, 2.24) is 9.21 Å². The van der Waals surface area contributed by atoms with E-state index in [1.54, 1.807) is 18.2 Å². The number of carbonyl (C=O) groups excluding carboxylic acids is 1. The number of amides is 1. The SMILES string of the molecule is CC(N)(CCl)C(=O)Nc1ccc(NS(=O)(=O)c2cccc3c(S(=O)(=O)N4CCN(Cc5ccccc5)CC4)cccc23)cc1. The summed E-state index contributed by atoms with van der Waals surface area (Å²) in [5.74, 6) is -0.549. The molecule has 0 aromatic heterocycles. The molecule has 0 bridgehead atoms. The van der Waals surface area contributed by atoms with Gasteiger partial charge in [0, 0.05) is 60.8 Å². The van der Waals surface area contributed by atoms with Crippen LogP contribution in [0.3, 0.4) is 0 Å². The van der Waals surface area contributed by atoms with Crippen molar-refractivity contribution >= 4 is 59.7 Å². The van der Waals surface area contributed by atoms with E-state index < -0.39 is 31.5 Å². The lowest BCUT2D eigenvalue weighted by atomic mass is 10.1. The summed E-state index contributed by atoms with van der Waals surface area (Å²) in [5, 5.41) is 3.26. The van der Waals surface area contributed by atoms with Gasteiger partial charge in [-0.05, 0) is 48.9 Å². The van der Waals surface area contributed by atoms with Gasteiger partial charge in [0.15, 0.2) is 0 Å². The molecular formula is C31H34ClN5O5S2. The number of nitrogens with zero attached hydrogens (tertiary/aromatic N) is 2. The van der Waals surface area contributed by atoms with Crippen LogP contribution >= 0.6 is 11.6 Å². The molecule has 0 radical (unpaired) electrons. The van der Waals surface area contributed by atoms with Crippen LogP contribution in [0.15, 0.2) is 101 Å². The third kappa shape index (κ3) is 6.90. The van der Waals surface area contributed by atoms with Crippen LogP contribution in [0.2, 0.25) is 0 Å². The fraction of sp³-hybridized carbons (Fsp3) is 0.258. The van der Waals surface area contributed by atoms with Crippen LogP contribution < -0.4 is 15.8 Å². The molecule has 13 heteroatoms. The average Bonchev–Trinajstić information content (AvgIpc) is 3.02. The molecule has 4 aromatic rings. The van der Waals surface area contributed by atoms with Gasteiger partial charge in [0.1, 0.15) is 5.54 Å². The monoisotopic (exact) mass is 655 g/mol. The first kappa shape index (κ1) is 31.9. The molecule has 1 atom stereocenters. The summed E-state index contributed by atoms with van der Waals surface area (Å²) >= 11 is 5.76. The molecule has 1 aliphatic heterocycles. The van der Waals surface area contributed by atoms with Gasteiger partial charge in [-0.1, -0.05) is 54.6 Å². The number of halogens is 1. The molecule has 44 heavy (non-hydrogen) atoms. The van der Waals surface area contributed by atoms with Crippen molar-refractivity contribution in [2.24, 2.45) is 5.73 Å². The summed E-state index contributed by atoms with van der Waals surface area (Å²) in [7, 11) is -8.01. The predicted molar refractivity (Wildman–Crippen MR) is 174 cm³/mol. The second-order valence-corrected chi connectivity index (χ2v) is 14.8. The Morgan fingerprint density at radius 1 is 0.795 bits per heavy atom. The summed E-state index contributed by atoms with van der Waals surface area (Å²) < 4.78 is 58.7. The summed E-state index contributed by atoms with van der Waals surface area (Å²) in [6.07, 6.45) is 0. The zero-order valence-corrected chi connectivity index (χ0v) is 26.5. The number of fused-ring (bicyclic) bond motifs is 1. The first-order chi connectivity index (χ1) is 20.9. The van der Waals surface area contributed by atoms with Gasteiger partial charge in [-0.15, -0.1) is 11.6 Å². The van der Waals surface area contributed by atoms with Crippen molar-refractivity contribution in [3.63, 3.8) is 0 Å². The second kappa shape index (κ2) is 12.8. The molecule has 1 fully saturated rings. The van der Waals surface area contributed by atoms with E-state index in [9.17, 15) is 21.6 Å². The number of anilines is 2. The van der Waals surface area contributed by atoms with Gasteiger partial charge in [0.05, 0.1) is 9.79 Å². The Morgan fingerprint density at radius 3 is 1.98 bits per heavy atom.